The highest BCUT2D eigenvalue weighted by Gasteiger charge is 2.19. The lowest BCUT2D eigenvalue weighted by Gasteiger charge is -2.14. The number of hydrogen-bond donors (Lipinski definition) is 2. The van der Waals surface area contributed by atoms with Crippen LogP contribution in [0.1, 0.15) is 23.2 Å². The smallest absolute Gasteiger partial charge is 0.148 e. The number of anilines is 2. The Labute approximate surface area is 132 Å². The highest BCUT2D eigenvalue weighted by atomic mass is 35.5. The summed E-state index contributed by atoms with van der Waals surface area (Å²) < 4.78 is 13.9. The molecular weight excluding hydrogens is 309 g/mol. The molecule has 1 heterocycles. The van der Waals surface area contributed by atoms with Crippen LogP contribution in [0.15, 0.2) is 24.3 Å². The molecular formula is C15H13ClFN3S. The first-order valence-corrected chi connectivity index (χ1v) is 7.38. The molecule has 2 aromatic rings. The van der Waals surface area contributed by atoms with Gasteiger partial charge in [-0.1, -0.05) is 29.9 Å². The number of nitrogens with two attached hydrogens (primary N) is 1. The first-order chi connectivity index (χ1) is 10.1. The van der Waals surface area contributed by atoms with Gasteiger partial charge >= 0.3 is 0 Å². The molecule has 1 aliphatic carbocycles. The number of rotatable bonds is 3. The molecule has 6 heteroatoms. The van der Waals surface area contributed by atoms with Crippen molar-refractivity contribution >= 4 is 40.3 Å². The van der Waals surface area contributed by atoms with E-state index in [4.69, 9.17) is 29.6 Å². The van der Waals surface area contributed by atoms with Gasteiger partial charge in [0.15, 0.2) is 0 Å². The number of aryl methyl sites for hydroxylation is 2. The Balaban J connectivity index is 2.08. The second kappa shape index (κ2) is 5.58. The molecule has 1 aromatic carbocycles. The van der Waals surface area contributed by atoms with Gasteiger partial charge < -0.3 is 11.1 Å². The van der Waals surface area contributed by atoms with Gasteiger partial charge in [-0.05, 0) is 43.0 Å². The van der Waals surface area contributed by atoms with Crippen LogP contribution < -0.4 is 11.1 Å². The Morgan fingerprint density at radius 1 is 1.38 bits per heavy atom. The molecule has 108 valence electrons. The van der Waals surface area contributed by atoms with E-state index >= 15 is 0 Å². The maximum Gasteiger partial charge on any atom is 0.148 e. The molecule has 0 saturated carbocycles. The molecule has 3 nitrogen and oxygen atoms in total. The van der Waals surface area contributed by atoms with Crippen molar-refractivity contribution in [2.75, 3.05) is 5.32 Å². The van der Waals surface area contributed by atoms with Crippen LogP contribution in [0.5, 0.6) is 0 Å². The predicted molar refractivity (Wildman–Crippen MR) is 86.8 cm³/mol. The third-order valence-electron chi connectivity index (χ3n) is 3.52. The summed E-state index contributed by atoms with van der Waals surface area (Å²) in [4.78, 5) is 4.78. The summed E-state index contributed by atoms with van der Waals surface area (Å²) in [6.45, 7) is 0. The normalized spacial score (nSPS) is 13.0. The van der Waals surface area contributed by atoms with Crippen molar-refractivity contribution in [1.29, 1.82) is 0 Å². The molecule has 3 N–H and O–H groups in total. The van der Waals surface area contributed by atoms with Gasteiger partial charge in [-0.25, -0.2) is 9.37 Å². The van der Waals surface area contributed by atoms with Crippen molar-refractivity contribution in [3.63, 3.8) is 0 Å². The van der Waals surface area contributed by atoms with Gasteiger partial charge in [-0.2, -0.15) is 0 Å². The minimum atomic E-state index is -0.446. The van der Waals surface area contributed by atoms with Crippen molar-refractivity contribution in [3.05, 3.63) is 51.9 Å². The Bertz CT molecular complexity index is 713. The lowest BCUT2D eigenvalue weighted by molar-refractivity contribution is 0.632. The average molecular weight is 322 g/mol. The minimum absolute atomic E-state index is 0.183. The fourth-order valence-corrected chi connectivity index (χ4v) is 2.86. The number of para-hydroxylation sites is 1. The highest BCUT2D eigenvalue weighted by molar-refractivity contribution is 7.80. The first kappa shape index (κ1) is 14.2. The fraction of sp³-hybridized carbons (Fsp3) is 0.200. The van der Waals surface area contributed by atoms with Gasteiger partial charge in [0.05, 0.1) is 16.3 Å². The van der Waals surface area contributed by atoms with Crippen molar-refractivity contribution < 1.29 is 4.39 Å². The van der Waals surface area contributed by atoms with E-state index in [1.54, 1.807) is 12.1 Å². The van der Waals surface area contributed by atoms with Crippen molar-refractivity contribution in [3.8, 4) is 0 Å². The van der Waals surface area contributed by atoms with E-state index in [0.717, 1.165) is 30.5 Å². The number of thiocarbonyl (C=S) groups is 1. The largest absolute Gasteiger partial charge is 0.389 e. The van der Waals surface area contributed by atoms with Crippen molar-refractivity contribution in [1.82, 2.24) is 4.98 Å². The van der Waals surface area contributed by atoms with Gasteiger partial charge in [0.25, 0.3) is 0 Å². The topological polar surface area (TPSA) is 50.9 Å². The van der Waals surface area contributed by atoms with Crippen LogP contribution in [0.3, 0.4) is 0 Å². The summed E-state index contributed by atoms with van der Waals surface area (Å²) in [5, 5.41) is 3.22. The molecule has 1 aliphatic rings. The second-order valence-electron chi connectivity index (χ2n) is 4.93. The van der Waals surface area contributed by atoms with E-state index in [1.807, 2.05) is 6.07 Å². The molecule has 3 rings (SSSR count). The third-order valence-corrected chi connectivity index (χ3v) is 4.06. The summed E-state index contributed by atoms with van der Waals surface area (Å²) >= 11 is 11.1. The molecule has 0 radical (unpaired) electrons. The fourth-order valence-electron chi connectivity index (χ4n) is 2.49. The summed E-state index contributed by atoms with van der Waals surface area (Å²) in [5.74, 6) is 0.00818. The lowest BCUT2D eigenvalue weighted by Crippen LogP contribution is -2.14. The molecule has 0 spiro atoms. The minimum Gasteiger partial charge on any atom is -0.389 e. The van der Waals surface area contributed by atoms with Gasteiger partial charge in [-0.3, -0.25) is 0 Å². The Kier molecular flexibility index (Phi) is 3.78. The van der Waals surface area contributed by atoms with Gasteiger partial charge in [0, 0.05) is 5.69 Å². The van der Waals surface area contributed by atoms with Crippen LogP contribution in [0.2, 0.25) is 5.02 Å². The van der Waals surface area contributed by atoms with E-state index < -0.39 is 5.82 Å². The predicted octanol–water partition coefficient (Wildman–Crippen LogP) is 3.74. The molecule has 21 heavy (non-hydrogen) atoms. The Morgan fingerprint density at radius 3 is 2.90 bits per heavy atom. The van der Waals surface area contributed by atoms with Crippen molar-refractivity contribution in [2.45, 2.75) is 19.3 Å². The van der Waals surface area contributed by atoms with Crippen LogP contribution in [-0.2, 0) is 12.8 Å². The number of benzene rings is 1. The number of hydrogen-bond acceptors (Lipinski definition) is 3. The summed E-state index contributed by atoms with van der Waals surface area (Å²) in [6, 6.07) is 6.44. The van der Waals surface area contributed by atoms with Crippen LogP contribution in [0.25, 0.3) is 0 Å². The molecule has 0 saturated heterocycles. The molecule has 0 unspecified atom stereocenters. The number of halogens is 2. The van der Waals surface area contributed by atoms with Crippen LogP contribution in [-0.4, -0.2) is 9.97 Å². The molecule has 0 fully saturated rings. The van der Waals surface area contributed by atoms with Gasteiger partial charge in [0.2, 0.25) is 0 Å². The zero-order valence-electron chi connectivity index (χ0n) is 11.1. The Hall–Kier alpha value is -1.72. The maximum absolute atomic E-state index is 13.9. The Morgan fingerprint density at radius 2 is 2.19 bits per heavy atom. The summed E-state index contributed by atoms with van der Waals surface area (Å²) in [7, 11) is 0. The standard InChI is InChI=1S/C15H13ClFN3S/c16-10-4-2-5-11(17)13(10)20-15-9(14(18)21)7-8-3-1-6-12(8)19-15/h2,4-5,7H,1,3,6H2,(H2,18,21)(H,19,20). The second-order valence-corrected chi connectivity index (χ2v) is 5.78. The van der Waals surface area contributed by atoms with E-state index in [-0.39, 0.29) is 15.7 Å². The van der Waals surface area contributed by atoms with E-state index in [2.05, 4.69) is 10.3 Å². The average Bonchev–Trinajstić information content (AvgIpc) is 2.89. The summed E-state index contributed by atoms with van der Waals surface area (Å²) in [6.07, 6.45) is 2.94. The highest BCUT2D eigenvalue weighted by Crippen LogP contribution is 2.31. The van der Waals surface area contributed by atoms with Gasteiger partial charge in [0.1, 0.15) is 16.6 Å². The molecule has 0 aliphatic heterocycles. The van der Waals surface area contributed by atoms with Crippen molar-refractivity contribution in [2.24, 2.45) is 5.73 Å². The van der Waals surface area contributed by atoms with Crippen LogP contribution in [0.4, 0.5) is 15.9 Å². The lowest BCUT2D eigenvalue weighted by atomic mass is 10.1. The molecule has 0 amide bonds. The number of nitrogens with zero attached hydrogens (tertiary/aromatic N) is 1. The van der Waals surface area contributed by atoms with Crippen LogP contribution in [0, 0.1) is 5.82 Å². The van der Waals surface area contributed by atoms with E-state index in [9.17, 15) is 4.39 Å². The molecule has 0 bridgehead atoms. The zero-order valence-corrected chi connectivity index (χ0v) is 12.7. The monoisotopic (exact) mass is 321 g/mol. The van der Waals surface area contributed by atoms with E-state index in [1.165, 1.54) is 6.07 Å². The number of nitrogens with one attached hydrogen (secondary N) is 1. The molecule has 1 aromatic heterocycles. The summed E-state index contributed by atoms with van der Waals surface area (Å²) in [5.41, 5.74) is 8.72. The zero-order chi connectivity index (χ0) is 15.0. The van der Waals surface area contributed by atoms with Crippen LogP contribution >= 0.6 is 23.8 Å². The number of pyridine rings is 1. The SMILES string of the molecule is NC(=S)c1cc2c(nc1Nc1c(F)cccc1Cl)CCC2. The van der Waals surface area contributed by atoms with E-state index in [0.29, 0.717) is 11.4 Å². The third kappa shape index (κ3) is 2.71. The first-order valence-electron chi connectivity index (χ1n) is 6.60. The van der Waals surface area contributed by atoms with Gasteiger partial charge in [-0.15, -0.1) is 0 Å². The maximum atomic E-state index is 13.9. The number of fused-ring (bicyclic) bond motifs is 1. The quantitative estimate of drug-likeness (QED) is 0.846. The number of aromatic nitrogens is 1. The molecule has 0 atom stereocenters.